The Balaban J connectivity index is 1.33. The van der Waals surface area contributed by atoms with E-state index in [2.05, 4.69) is 25.4 Å². The second kappa shape index (κ2) is 8.79. The molecule has 1 unspecified atom stereocenters. The number of carbonyl (C=O) groups excluding carboxylic acids is 2. The Labute approximate surface area is 169 Å². The molecule has 29 heavy (non-hydrogen) atoms. The number of H-pyrrole nitrogens is 2. The molecule has 0 saturated carbocycles. The number of nitrogens with zero attached hydrogens (tertiary/aromatic N) is 3. The fraction of sp³-hybridized carbons (Fsp3) is 0.550. The molecule has 1 saturated heterocycles. The van der Waals surface area contributed by atoms with Gasteiger partial charge in [-0.05, 0) is 31.9 Å². The number of hydrogen-bond acceptors (Lipinski definition) is 5. The molecule has 156 valence electrons. The van der Waals surface area contributed by atoms with Gasteiger partial charge in [0, 0.05) is 43.6 Å². The molecule has 4 heterocycles. The van der Waals surface area contributed by atoms with Gasteiger partial charge in [-0.2, -0.15) is 5.10 Å². The minimum absolute atomic E-state index is 0.0301. The summed E-state index contributed by atoms with van der Waals surface area (Å²) in [6, 6.07) is 1.95. The first kappa shape index (κ1) is 19.7. The van der Waals surface area contributed by atoms with Crippen LogP contribution >= 0.6 is 0 Å². The quantitative estimate of drug-likeness (QED) is 0.564. The van der Waals surface area contributed by atoms with Gasteiger partial charge in [-0.25, -0.2) is 0 Å². The maximum absolute atomic E-state index is 12.6. The van der Waals surface area contributed by atoms with Crippen LogP contribution in [0.5, 0.6) is 0 Å². The summed E-state index contributed by atoms with van der Waals surface area (Å²) in [4.78, 5) is 32.1. The van der Waals surface area contributed by atoms with Crippen molar-refractivity contribution < 1.29 is 14.7 Å². The highest BCUT2D eigenvalue weighted by atomic mass is 16.3. The Kier molecular flexibility index (Phi) is 5.96. The molecule has 2 aliphatic heterocycles. The van der Waals surface area contributed by atoms with Gasteiger partial charge >= 0.3 is 0 Å². The zero-order valence-electron chi connectivity index (χ0n) is 16.5. The summed E-state index contributed by atoms with van der Waals surface area (Å²) in [5.74, 6) is -0.220. The number of aromatic nitrogens is 3. The SMILES string of the molecule is O=C(NCCN1CCCCC1CO)c1n[nH]c2c1CCN(C(=O)c1cc[nH]c1)C2. The molecule has 2 amide bonds. The van der Waals surface area contributed by atoms with Crippen LogP contribution in [0.4, 0.5) is 0 Å². The molecular formula is C20H28N6O3. The number of aliphatic hydroxyl groups excluding tert-OH is 1. The monoisotopic (exact) mass is 400 g/mol. The summed E-state index contributed by atoms with van der Waals surface area (Å²) in [7, 11) is 0. The van der Waals surface area contributed by atoms with Gasteiger partial charge in [-0.1, -0.05) is 6.42 Å². The van der Waals surface area contributed by atoms with Crippen LogP contribution in [0.2, 0.25) is 0 Å². The fourth-order valence-corrected chi connectivity index (χ4v) is 4.28. The first-order valence-corrected chi connectivity index (χ1v) is 10.3. The molecule has 0 aliphatic carbocycles. The molecule has 9 heteroatoms. The van der Waals surface area contributed by atoms with Gasteiger partial charge in [0.2, 0.25) is 0 Å². The average molecular weight is 400 g/mol. The second-order valence-electron chi connectivity index (χ2n) is 7.73. The standard InChI is InChI=1S/C20H28N6O3/c27-13-15-3-1-2-8-25(15)10-7-22-19(28)18-16-5-9-26(12-17(16)23-24-18)20(29)14-4-6-21-11-14/h4,6,11,15,21,27H,1-3,5,7-10,12-13H2,(H,22,28)(H,23,24). The van der Waals surface area contributed by atoms with E-state index in [-0.39, 0.29) is 24.5 Å². The number of aromatic amines is 2. The van der Waals surface area contributed by atoms with Gasteiger partial charge in [-0.3, -0.25) is 19.6 Å². The van der Waals surface area contributed by atoms with Crippen molar-refractivity contribution in [2.45, 2.75) is 38.3 Å². The molecule has 0 bridgehead atoms. The summed E-state index contributed by atoms with van der Waals surface area (Å²) >= 11 is 0. The Morgan fingerprint density at radius 1 is 1.31 bits per heavy atom. The van der Waals surface area contributed by atoms with E-state index >= 15 is 0 Å². The van der Waals surface area contributed by atoms with E-state index in [9.17, 15) is 14.7 Å². The van der Waals surface area contributed by atoms with E-state index in [1.807, 2.05) is 0 Å². The molecule has 4 N–H and O–H groups in total. The van der Waals surface area contributed by atoms with Gasteiger partial charge in [0.05, 0.1) is 24.4 Å². The van der Waals surface area contributed by atoms with Gasteiger partial charge in [0.15, 0.2) is 5.69 Å². The predicted octanol–water partition coefficient (Wildman–Crippen LogP) is 0.513. The van der Waals surface area contributed by atoms with Crippen molar-refractivity contribution in [1.82, 2.24) is 30.3 Å². The molecule has 1 atom stereocenters. The molecule has 4 rings (SSSR count). The number of aliphatic hydroxyl groups is 1. The molecule has 0 spiro atoms. The minimum atomic E-state index is -0.189. The smallest absolute Gasteiger partial charge is 0.272 e. The van der Waals surface area contributed by atoms with Crippen molar-refractivity contribution in [3.8, 4) is 0 Å². The van der Waals surface area contributed by atoms with Gasteiger partial charge in [-0.15, -0.1) is 0 Å². The van der Waals surface area contributed by atoms with Crippen molar-refractivity contribution in [1.29, 1.82) is 0 Å². The van der Waals surface area contributed by atoms with Crippen LogP contribution in [0, 0.1) is 0 Å². The fourth-order valence-electron chi connectivity index (χ4n) is 4.28. The summed E-state index contributed by atoms with van der Waals surface area (Å²) in [5, 5.41) is 19.6. The van der Waals surface area contributed by atoms with E-state index < -0.39 is 0 Å². The minimum Gasteiger partial charge on any atom is -0.395 e. The Hall–Kier alpha value is -2.65. The predicted molar refractivity (Wildman–Crippen MR) is 106 cm³/mol. The van der Waals surface area contributed by atoms with Crippen LogP contribution in [-0.4, -0.2) is 80.7 Å². The third-order valence-electron chi connectivity index (χ3n) is 5.93. The van der Waals surface area contributed by atoms with Crippen LogP contribution in [0.3, 0.4) is 0 Å². The number of likely N-dealkylation sites (tertiary alicyclic amines) is 1. The molecule has 2 aliphatic rings. The summed E-state index contributed by atoms with van der Waals surface area (Å²) in [6.07, 6.45) is 7.31. The number of nitrogens with one attached hydrogen (secondary N) is 3. The third kappa shape index (κ3) is 4.20. The third-order valence-corrected chi connectivity index (χ3v) is 5.93. The van der Waals surface area contributed by atoms with Crippen LogP contribution in [0.25, 0.3) is 0 Å². The largest absolute Gasteiger partial charge is 0.395 e. The lowest BCUT2D eigenvalue weighted by Gasteiger charge is -2.34. The molecule has 2 aromatic heterocycles. The average Bonchev–Trinajstić information content (AvgIpc) is 3.43. The Bertz CT molecular complexity index is 847. The van der Waals surface area contributed by atoms with Crippen molar-refractivity contribution in [2.75, 3.05) is 32.8 Å². The Morgan fingerprint density at radius 3 is 3.00 bits per heavy atom. The summed E-state index contributed by atoms with van der Waals surface area (Å²) < 4.78 is 0. The summed E-state index contributed by atoms with van der Waals surface area (Å²) in [6.45, 7) is 3.36. The second-order valence-corrected chi connectivity index (χ2v) is 7.73. The van der Waals surface area contributed by atoms with Crippen LogP contribution in [-0.2, 0) is 13.0 Å². The summed E-state index contributed by atoms with van der Waals surface area (Å²) in [5.41, 5.74) is 2.77. The van der Waals surface area contributed by atoms with E-state index in [1.54, 1.807) is 23.4 Å². The Morgan fingerprint density at radius 2 is 2.21 bits per heavy atom. The number of hydrogen-bond donors (Lipinski definition) is 4. The number of amides is 2. The molecule has 2 aromatic rings. The maximum Gasteiger partial charge on any atom is 0.272 e. The number of carbonyl (C=O) groups is 2. The molecule has 9 nitrogen and oxygen atoms in total. The molecular weight excluding hydrogens is 372 g/mol. The van der Waals surface area contributed by atoms with E-state index in [4.69, 9.17) is 0 Å². The highest BCUT2D eigenvalue weighted by molar-refractivity contribution is 5.95. The van der Waals surface area contributed by atoms with Crippen LogP contribution < -0.4 is 5.32 Å². The maximum atomic E-state index is 12.6. The highest BCUT2D eigenvalue weighted by Gasteiger charge is 2.28. The zero-order chi connectivity index (χ0) is 20.2. The van der Waals surface area contributed by atoms with Gasteiger partial charge < -0.3 is 20.3 Å². The van der Waals surface area contributed by atoms with Crippen molar-refractivity contribution in [2.24, 2.45) is 0 Å². The van der Waals surface area contributed by atoms with Crippen molar-refractivity contribution in [3.05, 3.63) is 41.0 Å². The lowest BCUT2D eigenvalue weighted by molar-refractivity contribution is 0.0732. The van der Waals surface area contributed by atoms with Gasteiger partial charge in [0.1, 0.15) is 0 Å². The number of fused-ring (bicyclic) bond motifs is 1. The molecule has 0 radical (unpaired) electrons. The molecule has 1 fully saturated rings. The highest BCUT2D eigenvalue weighted by Crippen LogP contribution is 2.22. The van der Waals surface area contributed by atoms with E-state index in [0.29, 0.717) is 37.3 Å². The van der Waals surface area contributed by atoms with Gasteiger partial charge in [0.25, 0.3) is 11.8 Å². The van der Waals surface area contributed by atoms with Crippen LogP contribution in [0.1, 0.15) is 51.4 Å². The molecule has 0 aromatic carbocycles. The zero-order valence-corrected chi connectivity index (χ0v) is 16.5. The first-order valence-electron chi connectivity index (χ1n) is 10.3. The topological polar surface area (TPSA) is 117 Å². The number of rotatable bonds is 6. The number of piperidine rings is 1. The first-order chi connectivity index (χ1) is 14.2. The lowest BCUT2D eigenvalue weighted by atomic mass is 10.0. The van der Waals surface area contributed by atoms with E-state index in [1.165, 1.54) is 0 Å². The van der Waals surface area contributed by atoms with E-state index in [0.717, 1.165) is 43.6 Å². The van der Waals surface area contributed by atoms with Crippen molar-refractivity contribution >= 4 is 11.8 Å². The normalized spacial score (nSPS) is 19.8. The lowest BCUT2D eigenvalue weighted by Crippen LogP contribution is -2.45. The van der Waals surface area contributed by atoms with Crippen LogP contribution in [0.15, 0.2) is 18.5 Å². The van der Waals surface area contributed by atoms with Crippen molar-refractivity contribution in [3.63, 3.8) is 0 Å².